The van der Waals surface area contributed by atoms with Gasteiger partial charge in [0, 0.05) is 29.3 Å². The third kappa shape index (κ3) is 4.09. The fourth-order valence-corrected chi connectivity index (χ4v) is 4.09. The lowest BCUT2D eigenvalue weighted by atomic mass is 9.90. The van der Waals surface area contributed by atoms with Crippen LogP contribution in [-0.2, 0) is 24.9 Å². The Balaban J connectivity index is 1.47. The highest BCUT2D eigenvalue weighted by molar-refractivity contribution is 5.94. The molecule has 4 rings (SSSR count). The van der Waals surface area contributed by atoms with Gasteiger partial charge in [-0.15, -0.1) is 0 Å². The number of rotatable bonds is 3. The van der Waals surface area contributed by atoms with Crippen molar-refractivity contribution in [2.45, 2.75) is 58.5 Å². The molecule has 0 radical (unpaired) electrons. The zero-order chi connectivity index (χ0) is 19.7. The van der Waals surface area contributed by atoms with Crippen LogP contribution in [0.3, 0.4) is 0 Å². The van der Waals surface area contributed by atoms with Crippen molar-refractivity contribution in [3.8, 4) is 0 Å². The molecule has 0 saturated carbocycles. The van der Waals surface area contributed by atoms with Crippen LogP contribution in [-0.4, -0.2) is 33.9 Å². The normalized spacial score (nSPS) is 17.6. The Kier molecular flexibility index (Phi) is 5.19. The lowest BCUT2D eigenvalue weighted by molar-refractivity contribution is 0.0750. The van der Waals surface area contributed by atoms with Crippen molar-refractivity contribution >= 4 is 5.91 Å². The highest BCUT2D eigenvalue weighted by atomic mass is 16.2. The maximum atomic E-state index is 13.1. The van der Waals surface area contributed by atoms with Gasteiger partial charge in [-0.2, -0.15) is 0 Å². The first-order chi connectivity index (χ1) is 13.4. The Morgan fingerprint density at radius 2 is 2.00 bits per heavy atom. The molecule has 1 N–H and O–H groups in total. The Labute approximate surface area is 167 Å². The summed E-state index contributed by atoms with van der Waals surface area (Å²) in [4.78, 5) is 24.2. The number of benzene rings is 1. The van der Waals surface area contributed by atoms with Crippen LogP contribution in [0.1, 0.15) is 66.6 Å². The molecule has 1 fully saturated rings. The molecular weight excluding hydrogens is 348 g/mol. The summed E-state index contributed by atoms with van der Waals surface area (Å²) in [5.74, 6) is 1.64. The monoisotopic (exact) mass is 378 g/mol. The van der Waals surface area contributed by atoms with Crippen LogP contribution in [0, 0.1) is 5.92 Å². The minimum atomic E-state index is -0.0879. The molecule has 28 heavy (non-hydrogen) atoms. The van der Waals surface area contributed by atoms with Gasteiger partial charge in [0.15, 0.2) is 0 Å². The van der Waals surface area contributed by atoms with E-state index in [-0.39, 0.29) is 11.3 Å². The van der Waals surface area contributed by atoms with E-state index in [1.807, 2.05) is 23.2 Å². The van der Waals surface area contributed by atoms with Crippen LogP contribution in [0.4, 0.5) is 0 Å². The van der Waals surface area contributed by atoms with Gasteiger partial charge < -0.3 is 10.2 Å². The van der Waals surface area contributed by atoms with E-state index in [1.54, 1.807) is 0 Å². The number of amides is 1. The van der Waals surface area contributed by atoms with E-state index in [1.165, 1.54) is 18.4 Å². The predicted octanol–water partition coefficient (Wildman–Crippen LogP) is 3.47. The van der Waals surface area contributed by atoms with Crippen LogP contribution in [0.5, 0.6) is 0 Å². The van der Waals surface area contributed by atoms with E-state index in [0.717, 1.165) is 42.2 Å². The van der Waals surface area contributed by atoms with Crippen molar-refractivity contribution in [2.24, 2.45) is 5.92 Å². The predicted molar refractivity (Wildman–Crippen MR) is 110 cm³/mol. The molecule has 5 nitrogen and oxygen atoms in total. The Morgan fingerprint density at radius 1 is 1.21 bits per heavy atom. The Morgan fingerprint density at radius 3 is 2.75 bits per heavy atom. The number of carbonyl (C=O) groups excluding carboxylic acids is 1. The topological polar surface area (TPSA) is 58.1 Å². The molecule has 0 bridgehead atoms. The first kappa shape index (κ1) is 19.1. The largest absolute Gasteiger partial charge is 0.328 e. The molecule has 0 spiro atoms. The van der Waals surface area contributed by atoms with Gasteiger partial charge in [-0.1, -0.05) is 32.9 Å². The number of hydrogen-bond acceptors (Lipinski definition) is 4. The van der Waals surface area contributed by atoms with E-state index < -0.39 is 0 Å². The van der Waals surface area contributed by atoms with Crippen LogP contribution in [0.15, 0.2) is 30.5 Å². The third-order valence-electron chi connectivity index (χ3n) is 5.77. The van der Waals surface area contributed by atoms with E-state index >= 15 is 0 Å². The molecule has 0 aliphatic carbocycles. The lowest BCUT2D eigenvalue weighted by Crippen LogP contribution is -2.29. The molecule has 2 aromatic rings. The number of carbonyl (C=O) groups is 1. The molecule has 5 heteroatoms. The van der Waals surface area contributed by atoms with Gasteiger partial charge in [0.25, 0.3) is 5.91 Å². The summed E-state index contributed by atoms with van der Waals surface area (Å²) in [7, 11) is 0. The molecule has 0 atom stereocenters. The molecule has 2 aliphatic heterocycles. The fraction of sp³-hybridized carbons (Fsp3) is 0.522. The average Bonchev–Trinajstić information content (AvgIpc) is 3.11. The fourth-order valence-electron chi connectivity index (χ4n) is 4.09. The van der Waals surface area contributed by atoms with Crippen molar-refractivity contribution in [2.75, 3.05) is 13.1 Å². The van der Waals surface area contributed by atoms with Gasteiger partial charge in [-0.3, -0.25) is 4.79 Å². The van der Waals surface area contributed by atoms with Crippen molar-refractivity contribution < 1.29 is 4.79 Å². The van der Waals surface area contributed by atoms with Crippen LogP contribution in [0.25, 0.3) is 0 Å². The van der Waals surface area contributed by atoms with Crippen LogP contribution >= 0.6 is 0 Å². The molecule has 148 valence electrons. The van der Waals surface area contributed by atoms with Crippen molar-refractivity contribution in [1.82, 2.24) is 20.2 Å². The molecular formula is C23H30N4O. The summed E-state index contributed by atoms with van der Waals surface area (Å²) < 4.78 is 0. The summed E-state index contributed by atoms with van der Waals surface area (Å²) in [6, 6.07) is 8.19. The van der Waals surface area contributed by atoms with Gasteiger partial charge >= 0.3 is 0 Å². The summed E-state index contributed by atoms with van der Waals surface area (Å²) in [5, 5.41) is 3.42. The second-order valence-electron chi connectivity index (χ2n) is 9.17. The standard InChI is InChI=1S/C23H30N4O/c1-23(2,3)22-25-13-19-14-27(15-20(19)26-22)21(28)18-6-4-5-17(12-18)11-16-7-9-24-10-8-16/h4-6,12-13,16,24H,7-11,14-15H2,1-3H3. The second-order valence-corrected chi connectivity index (χ2v) is 9.17. The van der Waals surface area contributed by atoms with Gasteiger partial charge in [0.2, 0.25) is 0 Å². The summed E-state index contributed by atoms with van der Waals surface area (Å²) in [6.07, 6.45) is 5.38. The maximum absolute atomic E-state index is 13.1. The van der Waals surface area contributed by atoms with Gasteiger partial charge in [0.05, 0.1) is 12.2 Å². The van der Waals surface area contributed by atoms with E-state index in [2.05, 4.69) is 43.2 Å². The summed E-state index contributed by atoms with van der Waals surface area (Å²) in [5.41, 5.74) is 4.01. The number of fused-ring (bicyclic) bond motifs is 1. The minimum absolute atomic E-state index is 0.0856. The average molecular weight is 379 g/mol. The first-order valence-electron chi connectivity index (χ1n) is 10.3. The minimum Gasteiger partial charge on any atom is -0.328 e. The van der Waals surface area contributed by atoms with Gasteiger partial charge in [-0.05, 0) is 56.0 Å². The van der Waals surface area contributed by atoms with Crippen molar-refractivity contribution in [1.29, 1.82) is 0 Å². The van der Waals surface area contributed by atoms with Crippen molar-refractivity contribution in [3.05, 3.63) is 58.7 Å². The molecule has 0 unspecified atom stereocenters. The summed E-state index contributed by atoms with van der Waals surface area (Å²) >= 11 is 0. The van der Waals surface area contributed by atoms with Crippen LogP contribution < -0.4 is 5.32 Å². The smallest absolute Gasteiger partial charge is 0.254 e. The molecule has 2 aliphatic rings. The highest BCUT2D eigenvalue weighted by Crippen LogP contribution is 2.26. The van der Waals surface area contributed by atoms with E-state index in [0.29, 0.717) is 19.0 Å². The zero-order valence-corrected chi connectivity index (χ0v) is 17.2. The third-order valence-corrected chi connectivity index (χ3v) is 5.77. The Hall–Kier alpha value is -2.27. The zero-order valence-electron chi connectivity index (χ0n) is 17.2. The molecule has 1 aromatic heterocycles. The number of aromatic nitrogens is 2. The van der Waals surface area contributed by atoms with E-state index in [4.69, 9.17) is 4.98 Å². The van der Waals surface area contributed by atoms with E-state index in [9.17, 15) is 4.79 Å². The lowest BCUT2D eigenvalue weighted by Gasteiger charge is -2.23. The first-order valence-corrected chi connectivity index (χ1v) is 10.3. The SMILES string of the molecule is CC(C)(C)c1ncc2c(n1)CN(C(=O)c1cccc(CC3CCNCC3)c1)C2. The molecule has 1 aromatic carbocycles. The number of nitrogens with zero attached hydrogens (tertiary/aromatic N) is 3. The van der Waals surface area contributed by atoms with Crippen LogP contribution in [0.2, 0.25) is 0 Å². The second kappa shape index (κ2) is 7.63. The number of nitrogens with one attached hydrogen (secondary N) is 1. The Bertz CT molecular complexity index is 865. The molecule has 1 amide bonds. The molecule has 1 saturated heterocycles. The highest BCUT2D eigenvalue weighted by Gasteiger charge is 2.28. The summed E-state index contributed by atoms with van der Waals surface area (Å²) in [6.45, 7) is 9.71. The number of hydrogen-bond donors (Lipinski definition) is 1. The van der Waals surface area contributed by atoms with Crippen molar-refractivity contribution in [3.63, 3.8) is 0 Å². The maximum Gasteiger partial charge on any atom is 0.254 e. The van der Waals surface area contributed by atoms with Gasteiger partial charge in [0.1, 0.15) is 5.82 Å². The molecule has 3 heterocycles. The number of piperidine rings is 1. The van der Waals surface area contributed by atoms with Gasteiger partial charge in [-0.25, -0.2) is 9.97 Å². The quantitative estimate of drug-likeness (QED) is 0.888.